The van der Waals surface area contributed by atoms with Gasteiger partial charge in [0, 0.05) is 12.3 Å². The number of carbonyl (C=O) groups excluding carboxylic acids is 1. The van der Waals surface area contributed by atoms with Gasteiger partial charge < -0.3 is 10.6 Å². The predicted molar refractivity (Wildman–Crippen MR) is 92.2 cm³/mol. The van der Waals surface area contributed by atoms with Crippen molar-refractivity contribution in [3.63, 3.8) is 0 Å². The largest absolute Gasteiger partial charge is 0.352 e. The summed E-state index contributed by atoms with van der Waals surface area (Å²) in [4.78, 5) is 12.7. The van der Waals surface area contributed by atoms with Crippen LogP contribution in [0.5, 0.6) is 0 Å². The Morgan fingerprint density at radius 2 is 1.91 bits per heavy atom. The molecule has 0 spiro atoms. The summed E-state index contributed by atoms with van der Waals surface area (Å²) in [5.41, 5.74) is 2.34. The molecule has 1 aliphatic rings. The van der Waals surface area contributed by atoms with Crippen molar-refractivity contribution in [2.45, 2.75) is 43.9 Å². The summed E-state index contributed by atoms with van der Waals surface area (Å²) >= 11 is 0. The minimum atomic E-state index is -3.47. The lowest BCUT2D eigenvalue weighted by Crippen LogP contribution is -2.58. The molecule has 1 unspecified atom stereocenters. The van der Waals surface area contributed by atoms with E-state index < -0.39 is 14.6 Å². The number of hydrogen-bond acceptors (Lipinski definition) is 4. The van der Waals surface area contributed by atoms with Gasteiger partial charge in [0.25, 0.3) is 0 Å². The first kappa shape index (κ1) is 17.9. The summed E-state index contributed by atoms with van der Waals surface area (Å²) in [7, 11) is -3.47. The molecule has 0 saturated carbocycles. The van der Waals surface area contributed by atoms with Crippen LogP contribution in [0.2, 0.25) is 0 Å². The highest BCUT2D eigenvalue weighted by molar-refractivity contribution is 7.92. The summed E-state index contributed by atoms with van der Waals surface area (Å²) < 4.78 is 23.2. The molecular formula is C17H26N2O3S. The number of carbonyl (C=O) groups is 1. The van der Waals surface area contributed by atoms with E-state index in [1.54, 1.807) is 0 Å². The highest BCUT2D eigenvalue weighted by Crippen LogP contribution is 2.28. The first-order chi connectivity index (χ1) is 10.8. The molecule has 5 nitrogen and oxygen atoms in total. The molecule has 128 valence electrons. The summed E-state index contributed by atoms with van der Waals surface area (Å²) in [5, 5.41) is 6.05. The maximum absolute atomic E-state index is 12.7. The molecule has 1 saturated heterocycles. The topological polar surface area (TPSA) is 75.3 Å². The summed E-state index contributed by atoms with van der Waals surface area (Å²) in [6, 6.07) is 7.91. The van der Waals surface area contributed by atoms with Crippen LogP contribution in [0.25, 0.3) is 0 Å². The highest BCUT2D eigenvalue weighted by Gasteiger charge is 2.48. The van der Waals surface area contributed by atoms with Crippen molar-refractivity contribution in [3.05, 3.63) is 35.4 Å². The molecule has 1 aromatic carbocycles. The van der Waals surface area contributed by atoms with E-state index in [1.165, 1.54) is 17.4 Å². The molecule has 1 atom stereocenters. The lowest BCUT2D eigenvalue weighted by atomic mass is 9.95. The summed E-state index contributed by atoms with van der Waals surface area (Å²) in [6.07, 6.45) is 2.52. The second-order valence-corrected chi connectivity index (χ2v) is 8.85. The molecule has 1 fully saturated rings. The lowest BCUT2D eigenvalue weighted by molar-refractivity contribution is -0.124. The third kappa shape index (κ3) is 3.93. The van der Waals surface area contributed by atoms with E-state index in [0.717, 1.165) is 0 Å². The molecule has 0 aliphatic carbocycles. The smallest absolute Gasteiger partial charge is 0.241 e. The van der Waals surface area contributed by atoms with Crippen LogP contribution in [0.1, 0.15) is 30.9 Å². The zero-order chi connectivity index (χ0) is 17.1. The molecule has 0 aromatic heterocycles. The molecule has 0 bridgehead atoms. The van der Waals surface area contributed by atoms with Crippen molar-refractivity contribution in [1.29, 1.82) is 0 Å². The summed E-state index contributed by atoms with van der Waals surface area (Å²) in [6.45, 7) is 5.05. The highest BCUT2D eigenvalue weighted by atomic mass is 32.2. The molecule has 1 aliphatic heterocycles. The monoisotopic (exact) mass is 338 g/mol. The molecule has 2 N–H and O–H groups in total. The number of aryl methyl sites for hydroxylation is 1. The van der Waals surface area contributed by atoms with Gasteiger partial charge in [-0.3, -0.25) is 4.79 Å². The van der Waals surface area contributed by atoms with E-state index in [-0.39, 0.29) is 11.9 Å². The van der Waals surface area contributed by atoms with Crippen molar-refractivity contribution in [1.82, 2.24) is 10.6 Å². The Hall–Kier alpha value is -1.40. The van der Waals surface area contributed by atoms with E-state index in [9.17, 15) is 13.2 Å². The number of sulfone groups is 1. The van der Waals surface area contributed by atoms with Crippen LogP contribution in [0.15, 0.2) is 24.3 Å². The number of nitrogens with one attached hydrogen (secondary N) is 2. The molecule has 23 heavy (non-hydrogen) atoms. The van der Waals surface area contributed by atoms with Crippen LogP contribution < -0.4 is 10.6 Å². The Balaban J connectivity index is 2.11. The number of hydrogen-bond donors (Lipinski definition) is 2. The standard InChI is InChI=1S/C17H26N2O3S/c1-13-6-4-5-7-15(13)12-14(2)19-16(20)17(23(3,21)22)8-10-18-11-9-17/h4-7,14,18H,8-12H2,1-3H3,(H,19,20). The fraction of sp³-hybridized carbons (Fsp3) is 0.588. The number of piperidine rings is 1. The van der Waals surface area contributed by atoms with Crippen molar-refractivity contribution < 1.29 is 13.2 Å². The number of rotatable bonds is 5. The Kier molecular flexibility index (Phi) is 5.47. The van der Waals surface area contributed by atoms with Crippen LogP contribution in [0.4, 0.5) is 0 Å². The van der Waals surface area contributed by atoms with Crippen molar-refractivity contribution in [2.24, 2.45) is 0 Å². The van der Waals surface area contributed by atoms with Gasteiger partial charge in [-0.2, -0.15) is 0 Å². The number of benzene rings is 1. The van der Waals surface area contributed by atoms with Gasteiger partial charge in [0.15, 0.2) is 14.6 Å². The van der Waals surface area contributed by atoms with Crippen LogP contribution in [-0.2, 0) is 21.1 Å². The minimum absolute atomic E-state index is 0.114. The Labute approximate surface area is 138 Å². The molecule has 0 radical (unpaired) electrons. The van der Waals surface area contributed by atoms with Crippen LogP contribution in [-0.4, -0.2) is 44.5 Å². The van der Waals surface area contributed by atoms with E-state index in [0.29, 0.717) is 32.4 Å². The first-order valence-electron chi connectivity index (χ1n) is 8.02. The van der Waals surface area contributed by atoms with Gasteiger partial charge in [0.2, 0.25) is 5.91 Å². The third-order valence-corrected chi connectivity index (χ3v) is 6.71. The average molecular weight is 338 g/mol. The molecule has 1 aromatic rings. The van der Waals surface area contributed by atoms with E-state index in [1.807, 2.05) is 38.1 Å². The minimum Gasteiger partial charge on any atom is -0.352 e. The van der Waals surface area contributed by atoms with Gasteiger partial charge in [-0.05, 0) is 57.3 Å². The van der Waals surface area contributed by atoms with Gasteiger partial charge >= 0.3 is 0 Å². The molecule has 1 amide bonds. The molecule has 2 rings (SSSR count). The molecule has 6 heteroatoms. The Morgan fingerprint density at radius 3 is 2.48 bits per heavy atom. The predicted octanol–water partition coefficient (Wildman–Crippen LogP) is 1.21. The maximum Gasteiger partial charge on any atom is 0.241 e. The van der Waals surface area contributed by atoms with Crippen molar-refractivity contribution in [3.8, 4) is 0 Å². The van der Waals surface area contributed by atoms with Gasteiger partial charge in [0.1, 0.15) is 0 Å². The first-order valence-corrected chi connectivity index (χ1v) is 9.91. The Bertz CT molecular complexity index is 664. The second-order valence-electron chi connectivity index (χ2n) is 6.52. The van der Waals surface area contributed by atoms with Crippen molar-refractivity contribution in [2.75, 3.05) is 19.3 Å². The van der Waals surface area contributed by atoms with Crippen LogP contribution in [0, 0.1) is 6.92 Å². The van der Waals surface area contributed by atoms with Crippen LogP contribution in [0.3, 0.4) is 0 Å². The quantitative estimate of drug-likeness (QED) is 0.846. The average Bonchev–Trinajstić information content (AvgIpc) is 2.49. The second kappa shape index (κ2) is 7.01. The van der Waals surface area contributed by atoms with E-state index >= 15 is 0 Å². The normalized spacial score (nSPS) is 19.1. The van der Waals surface area contributed by atoms with E-state index in [2.05, 4.69) is 10.6 Å². The summed E-state index contributed by atoms with van der Waals surface area (Å²) in [5.74, 6) is -0.359. The van der Waals surface area contributed by atoms with Gasteiger partial charge in [0.05, 0.1) is 0 Å². The number of amides is 1. The van der Waals surface area contributed by atoms with Gasteiger partial charge in [-0.1, -0.05) is 24.3 Å². The fourth-order valence-corrected chi connectivity index (χ4v) is 4.51. The van der Waals surface area contributed by atoms with Crippen LogP contribution >= 0.6 is 0 Å². The Morgan fingerprint density at radius 1 is 1.30 bits per heavy atom. The zero-order valence-electron chi connectivity index (χ0n) is 14.1. The van der Waals surface area contributed by atoms with Gasteiger partial charge in [-0.25, -0.2) is 8.42 Å². The van der Waals surface area contributed by atoms with Crippen molar-refractivity contribution >= 4 is 15.7 Å². The molecular weight excluding hydrogens is 312 g/mol. The van der Waals surface area contributed by atoms with E-state index in [4.69, 9.17) is 0 Å². The lowest BCUT2D eigenvalue weighted by Gasteiger charge is -2.35. The SMILES string of the molecule is Cc1ccccc1CC(C)NC(=O)C1(S(C)(=O)=O)CCNCC1. The van der Waals surface area contributed by atoms with Gasteiger partial charge in [-0.15, -0.1) is 0 Å². The third-order valence-electron chi connectivity index (χ3n) is 4.70. The fourth-order valence-electron chi connectivity index (χ4n) is 3.17. The maximum atomic E-state index is 12.7. The molecule has 1 heterocycles. The zero-order valence-corrected chi connectivity index (χ0v) is 14.9.